The minimum Gasteiger partial charge on any atom is -0.493 e. The van der Waals surface area contributed by atoms with Crippen LogP contribution in [-0.4, -0.2) is 36.5 Å². The van der Waals surface area contributed by atoms with Crippen molar-refractivity contribution in [1.82, 2.24) is 15.3 Å². The lowest BCUT2D eigenvalue weighted by Gasteiger charge is -2.24. The Bertz CT molecular complexity index is 753. The van der Waals surface area contributed by atoms with E-state index in [1.807, 2.05) is 24.4 Å². The lowest BCUT2D eigenvalue weighted by atomic mass is 9.85. The number of imidazole rings is 1. The van der Waals surface area contributed by atoms with E-state index >= 15 is 0 Å². The van der Waals surface area contributed by atoms with Gasteiger partial charge in [-0.1, -0.05) is 6.07 Å². The Morgan fingerprint density at radius 2 is 2.08 bits per heavy atom. The van der Waals surface area contributed by atoms with Gasteiger partial charge in [0.1, 0.15) is 0 Å². The van der Waals surface area contributed by atoms with E-state index in [0.29, 0.717) is 17.9 Å². The number of nitrogens with one attached hydrogen (secondary N) is 2. The van der Waals surface area contributed by atoms with Gasteiger partial charge in [-0.05, 0) is 30.0 Å². The third kappa shape index (κ3) is 4.21. The fourth-order valence-electron chi connectivity index (χ4n) is 3.14. The molecule has 1 aliphatic carbocycles. The minimum absolute atomic E-state index is 0.145. The zero-order valence-corrected chi connectivity index (χ0v) is 14.5. The largest absolute Gasteiger partial charge is 0.493 e. The summed E-state index contributed by atoms with van der Waals surface area (Å²) in [5, 5.41) is 3.38. The summed E-state index contributed by atoms with van der Waals surface area (Å²) in [5.41, 5.74) is 3.15. The molecule has 6 heteroatoms. The van der Waals surface area contributed by atoms with Gasteiger partial charge in [-0.25, -0.2) is 4.98 Å². The summed E-state index contributed by atoms with van der Waals surface area (Å²) in [7, 11) is 3.24. The number of benzene rings is 1. The van der Waals surface area contributed by atoms with Crippen molar-refractivity contribution < 1.29 is 14.3 Å². The van der Waals surface area contributed by atoms with Gasteiger partial charge in [0.2, 0.25) is 0 Å². The van der Waals surface area contributed by atoms with Crippen LogP contribution >= 0.6 is 0 Å². The highest BCUT2D eigenvalue weighted by Gasteiger charge is 2.23. The molecule has 0 saturated heterocycles. The van der Waals surface area contributed by atoms with Gasteiger partial charge < -0.3 is 19.8 Å². The molecule has 1 heterocycles. The number of carbonyl (C=O) groups excluding carboxylic acids is 1. The van der Waals surface area contributed by atoms with Crippen LogP contribution in [0.4, 0.5) is 0 Å². The molecular formula is C19H23N3O3. The van der Waals surface area contributed by atoms with Crippen molar-refractivity contribution in [3.8, 4) is 11.5 Å². The van der Waals surface area contributed by atoms with Gasteiger partial charge in [-0.3, -0.25) is 4.79 Å². The van der Waals surface area contributed by atoms with Crippen molar-refractivity contribution in [3.05, 3.63) is 53.8 Å². The predicted molar refractivity (Wildman–Crippen MR) is 94.9 cm³/mol. The summed E-state index contributed by atoms with van der Waals surface area (Å²) in [6, 6.07) is 5.86. The smallest absolute Gasteiger partial charge is 0.160 e. The molecule has 0 aliphatic heterocycles. The van der Waals surface area contributed by atoms with E-state index in [4.69, 9.17) is 9.47 Å². The van der Waals surface area contributed by atoms with Crippen LogP contribution in [0.3, 0.4) is 0 Å². The average Bonchev–Trinajstić information content (AvgIpc) is 3.14. The molecule has 132 valence electrons. The zero-order chi connectivity index (χ0) is 17.6. The number of allylic oxidation sites excluding steroid dienone is 2. The molecule has 0 radical (unpaired) electrons. The minimum atomic E-state index is 0.145. The van der Waals surface area contributed by atoms with Gasteiger partial charge in [0.25, 0.3) is 0 Å². The molecule has 1 aromatic carbocycles. The first kappa shape index (κ1) is 17.1. The van der Waals surface area contributed by atoms with Crippen molar-refractivity contribution in [2.75, 3.05) is 20.8 Å². The predicted octanol–water partition coefficient (Wildman–Crippen LogP) is 2.59. The Labute approximate surface area is 147 Å². The van der Waals surface area contributed by atoms with Crippen LogP contribution in [0.15, 0.2) is 42.5 Å². The highest BCUT2D eigenvalue weighted by molar-refractivity contribution is 5.92. The molecule has 25 heavy (non-hydrogen) atoms. The summed E-state index contributed by atoms with van der Waals surface area (Å²) in [6.07, 6.45) is 7.38. The topological polar surface area (TPSA) is 76.2 Å². The van der Waals surface area contributed by atoms with Crippen molar-refractivity contribution in [2.45, 2.75) is 25.2 Å². The molecule has 0 bridgehead atoms. The van der Waals surface area contributed by atoms with E-state index < -0.39 is 0 Å². The number of ketones is 1. The number of aromatic nitrogens is 2. The Kier molecular flexibility index (Phi) is 5.38. The maximum Gasteiger partial charge on any atom is 0.160 e. The number of rotatable bonds is 7. The van der Waals surface area contributed by atoms with Crippen LogP contribution in [0.25, 0.3) is 0 Å². The standard InChI is InChI=1S/C19H23N3O3/c1-24-18-4-3-13(9-19(18)25-2)14-7-16(10-17(23)8-14)21-6-5-15-11-20-12-22-15/h3-4,9-12,14,21H,5-8H2,1-2H3,(H,20,22). The van der Waals surface area contributed by atoms with Crippen molar-refractivity contribution in [3.63, 3.8) is 0 Å². The normalized spacial score (nSPS) is 17.1. The van der Waals surface area contributed by atoms with E-state index in [-0.39, 0.29) is 11.7 Å². The van der Waals surface area contributed by atoms with Gasteiger partial charge in [0.05, 0.1) is 20.5 Å². The van der Waals surface area contributed by atoms with E-state index in [0.717, 1.165) is 36.3 Å². The molecule has 2 aromatic rings. The summed E-state index contributed by atoms with van der Waals surface area (Å²) >= 11 is 0. The number of ether oxygens (including phenoxy) is 2. The number of hydrogen-bond donors (Lipinski definition) is 2. The van der Waals surface area contributed by atoms with Crippen LogP contribution in [-0.2, 0) is 11.2 Å². The molecule has 2 N–H and O–H groups in total. The molecular weight excluding hydrogens is 318 g/mol. The van der Waals surface area contributed by atoms with Gasteiger partial charge in [0, 0.05) is 43.1 Å². The Hall–Kier alpha value is -2.76. The second kappa shape index (κ2) is 7.88. The highest BCUT2D eigenvalue weighted by atomic mass is 16.5. The van der Waals surface area contributed by atoms with Crippen LogP contribution in [0.5, 0.6) is 11.5 Å². The van der Waals surface area contributed by atoms with Crippen molar-refractivity contribution >= 4 is 5.78 Å². The number of methoxy groups -OCH3 is 2. The molecule has 0 amide bonds. The zero-order valence-electron chi connectivity index (χ0n) is 14.5. The first-order chi connectivity index (χ1) is 12.2. The molecule has 1 aliphatic rings. The Balaban J connectivity index is 1.65. The fourth-order valence-corrected chi connectivity index (χ4v) is 3.14. The van der Waals surface area contributed by atoms with Crippen molar-refractivity contribution in [2.24, 2.45) is 0 Å². The number of hydrogen-bond acceptors (Lipinski definition) is 5. The maximum absolute atomic E-state index is 12.1. The Morgan fingerprint density at radius 3 is 2.80 bits per heavy atom. The Morgan fingerprint density at radius 1 is 1.24 bits per heavy atom. The van der Waals surface area contributed by atoms with E-state index in [1.54, 1.807) is 26.6 Å². The number of nitrogens with zero attached hydrogens (tertiary/aromatic N) is 1. The molecule has 3 rings (SSSR count). The van der Waals surface area contributed by atoms with Gasteiger partial charge in [-0.15, -0.1) is 0 Å². The summed E-state index contributed by atoms with van der Waals surface area (Å²) in [6.45, 7) is 0.764. The van der Waals surface area contributed by atoms with Gasteiger partial charge >= 0.3 is 0 Å². The van der Waals surface area contributed by atoms with E-state index in [1.165, 1.54) is 0 Å². The summed E-state index contributed by atoms with van der Waals surface area (Å²) in [4.78, 5) is 19.2. The molecule has 0 fully saturated rings. The van der Waals surface area contributed by atoms with Crippen LogP contribution in [0.1, 0.15) is 30.0 Å². The van der Waals surface area contributed by atoms with Crippen LogP contribution in [0.2, 0.25) is 0 Å². The molecule has 1 atom stereocenters. The monoisotopic (exact) mass is 341 g/mol. The molecule has 1 aromatic heterocycles. The van der Waals surface area contributed by atoms with E-state index in [9.17, 15) is 4.79 Å². The van der Waals surface area contributed by atoms with E-state index in [2.05, 4.69) is 15.3 Å². The van der Waals surface area contributed by atoms with Crippen LogP contribution < -0.4 is 14.8 Å². The first-order valence-corrected chi connectivity index (χ1v) is 8.36. The fraction of sp³-hybridized carbons (Fsp3) is 0.368. The first-order valence-electron chi connectivity index (χ1n) is 8.36. The number of carbonyl (C=O) groups is 1. The highest BCUT2D eigenvalue weighted by Crippen LogP contribution is 2.36. The quantitative estimate of drug-likeness (QED) is 0.809. The maximum atomic E-state index is 12.1. The number of H-pyrrole nitrogens is 1. The molecule has 0 saturated carbocycles. The van der Waals surface area contributed by atoms with Crippen LogP contribution in [0, 0.1) is 0 Å². The third-order valence-corrected chi connectivity index (χ3v) is 4.43. The molecule has 1 unspecified atom stereocenters. The molecule has 0 spiro atoms. The second-order valence-electron chi connectivity index (χ2n) is 6.11. The van der Waals surface area contributed by atoms with Gasteiger partial charge in [-0.2, -0.15) is 0 Å². The SMILES string of the molecule is COc1ccc(C2CC(=O)C=C(NCCc3cnc[nH]3)C2)cc1OC. The number of aromatic amines is 1. The molecule has 6 nitrogen and oxygen atoms in total. The second-order valence-corrected chi connectivity index (χ2v) is 6.11. The van der Waals surface area contributed by atoms with Crippen molar-refractivity contribution in [1.29, 1.82) is 0 Å². The third-order valence-electron chi connectivity index (χ3n) is 4.43. The lowest BCUT2D eigenvalue weighted by molar-refractivity contribution is -0.115. The lowest BCUT2D eigenvalue weighted by Crippen LogP contribution is -2.24. The summed E-state index contributed by atoms with van der Waals surface area (Å²) in [5.74, 6) is 1.68. The summed E-state index contributed by atoms with van der Waals surface area (Å²) < 4.78 is 10.7. The average molecular weight is 341 g/mol. The van der Waals surface area contributed by atoms with Gasteiger partial charge in [0.15, 0.2) is 17.3 Å².